The second kappa shape index (κ2) is 8.69. The van der Waals surface area contributed by atoms with Crippen molar-refractivity contribution in [1.29, 1.82) is 0 Å². The van der Waals surface area contributed by atoms with Crippen LogP contribution >= 0.6 is 23.2 Å². The van der Waals surface area contributed by atoms with Crippen LogP contribution in [0.15, 0.2) is 42.5 Å². The molecule has 0 aliphatic carbocycles. The Balaban J connectivity index is 2.25. The van der Waals surface area contributed by atoms with Crippen LogP contribution in [0.3, 0.4) is 0 Å². The summed E-state index contributed by atoms with van der Waals surface area (Å²) in [4.78, 5) is 37.5. The summed E-state index contributed by atoms with van der Waals surface area (Å²) in [6.45, 7) is 0.999. The minimum atomic E-state index is -0.604. The van der Waals surface area contributed by atoms with Crippen LogP contribution in [0, 0.1) is 0 Å². The number of carbonyl (C=O) groups is 3. The molecule has 6 nitrogen and oxygen atoms in total. The third kappa shape index (κ3) is 4.74. The first kappa shape index (κ1) is 19.8. The number of para-hydroxylation sites is 1. The third-order valence-electron chi connectivity index (χ3n) is 3.49. The van der Waals surface area contributed by atoms with Crippen molar-refractivity contribution in [3.05, 3.63) is 58.1 Å². The summed E-state index contributed by atoms with van der Waals surface area (Å²) in [6, 6.07) is 11.0. The average molecular weight is 395 g/mol. The van der Waals surface area contributed by atoms with Gasteiger partial charge in [-0.3, -0.25) is 9.59 Å². The van der Waals surface area contributed by atoms with Crippen LogP contribution in [0.4, 0.5) is 11.4 Å². The van der Waals surface area contributed by atoms with Gasteiger partial charge in [0.25, 0.3) is 0 Å². The Morgan fingerprint density at radius 1 is 1.12 bits per heavy atom. The summed E-state index contributed by atoms with van der Waals surface area (Å²) in [5.74, 6) is -1.49. The molecular formula is C18H16Cl2N2O4. The van der Waals surface area contributed by atoms with Crippen molar-refractivity contribution < 1.29 is 19.1 Å². The quantitative estimate of drug-likeness (QED) is 0.782. The molecule has 0 unspecified atom stereocenters. The van der Waals surface area contributed by atoms with E-state index in [0.717, 1.165) is 0 Å². The number of benzene rings is 2. The van der Waals surface area contributed by atoms with E-state index >= 15 is 0 Å². The molecule has 2 aromatic rings. The maximum atomic E-state index is 12.4. The van der Waals surface area contributed by atoms with Gasteiger partial charge in [0.05, 0.1) is 29.1 Å². The zero-order valence-electron chi connectivity index (χ0n) is 14.1. The lowest BCUT2D eigenvalue weighted by Gasteiger charge is -2.22. The Labute approximate surface area is 160 Å². The molecule has 0 aliphatic rings. The number of rotatable bonds is 5. The maximum absolute atomic E-state index is 12.4. The van der Waals surface area contributed by atoms with Gasteiger partial charge in [-0.1, -0.05) is 35.3 Å². The van der Waals surface area contributed by atoms with Crippen LogP contribution in [-0.4, -0.2) is 31.4 Å². The zero-order valence-corrected chi connectivity index (χ0v) is 15.6. The minimum Gasteiger partial charge on any atom is -0.465 e. The molecule has 0 saturated heterocycles. The summed E-state index contributed by atoms with van der Waals surface area (Å²) >= 11 is 11.9. The highest BCUT2D eigenvalue weighted by atomic mass is 35.5. The Hall–Kier alpha value is -2.57. The van der Waals surface area contributed by atoms with Gasteiger partial charge in [0, 0.05) is 11.9 Å². The van der Waals surface area contributed by atoms with Gasteiger partial charge < -0.3 is 15.0 Å². The summed E-state index contributed by atoms with van der Waals surface area (Å²) in [5.41, 5.74) is 0.831. The molecule has 0 aromatic heterocycles. The summed E-state index contributed by atoms with van der Waals surface area (Å²) in [7, 11) is 1.24. The van der Waals surface area contributed by atoms with E-state index in [1.54, 1.807) is 30.3 Å². The predicted octanol–water partition coefficient (Wildman–Crippen LogP) is 3.77. The van der Waals surface area contributed by atoms with E-state index in [1.807, 2.05) is 0 Å². The summed E-state index contributed by atoms with van der Waals surface area (Å²) in [6.07, 6.45) is 0. The van der Waals surface area contributed by atoms with E-state index in [9.17, 15) is 14.4 Å². The first-order valence-corrected chi connectivity index (χ1v) is 8.29. The molecule has 0 heterocycles. The van der Waals surface area contributed by atoms with Gasteiger partial charge in [-0.2, -0.15) is 0 Å². The van der Waals surface area contributed by atoms with Crippen LogP contribution in [0.5, 0.6) is 0 Å². The van der Waals surface area contributed by atoms with Crippen molar-refractivity contribution in [3.63, 3.8) is 0 Å². The topological polar surface area (TPSA) is 75.7 Å². The van der Waals surface area contributed by atoms with E-state index in [4.69, 9.17) is 27.9 Å². The van der Waals surface area contributed by atoms with E-state index < -0.39 is 17.8 Å². The van der Waals surface area contributed by atoms with Gasteiger partial charge in [0.1, 0.15) is 6.54 Å². The number of methoxy groups -OCH3 is 1. The Morgan fingerprint density at radius 3 is 2.42 bits per heavy atom. The number of hydrogen-bond acceptors (Lipinski definition) is 4. The van der Waals surface area contributed by atoms with Crippen LogP contribution in [0.25, 0.3) is 0 Å². The van der Waals surface area contributed by atoms with Crippen LogP contribution in [0.2, 0.25) is 10.0 Å². The van der Waals surface area contributed by atoms with Crippen LogP contribution in [0.1, 0.15) is 17.3 Å². The highest BCUT2D eigenvalue weighted by Crippen LogP contribution is 2.26. The number of anilines is 2. The molecule has 0 aliphatic heterocycles. The molecule has 0 atom stereocenters. The van der Waals surface area contributed by atoms with E-state index in [-0.39, 0.29) is 22.8 Å². The SMILES string of the molecule is COC(=O)c1ccccc1N(CC(=O)Nc1ccc(Cl)cc1Cl)C(C)=O. The van der Waals surface area contributed by atoms with Crippen molar-refractivity contribution >= 4 is 52.4 Å². The molecule has 1 N–H and O–H groups in total. The lowest BCUT2D eigenvalue weighted by atomic mass is 10.1. The molecule has 2 rings (SSSR count). The van der Waals surface area contributed by atoms with Gasteiger partial charge in [-0.25, -0.2) is 4.79 Å². The Bertz CT molecular complexity index is 855. The Morgan fingerprint density at radius 2 is 1.81 bits per heavy atom. The van der Waals surface area contributed by atoms with Gasteiger partial charge in [-0.15, -0.1) is 0 Å². The van der Waals surface area contributed by atoms with E-state index in [0.29, 0.717) is 10.7 Å². The summed E-state index contributed by atoms with van der Waals surface area (Å²) in [5, 5.41) is 3.32. The number of hydrogen-bond donors (Lipinski definition) is 1. The van der Waals surface area contributed by atoms with Crippen LogP contribution < -0.4 is 10.2 Å². The summed E-state index contributed by atoms with van der Waals surface area (Å²) < 4.78 is 4.73. The molecule has 0 saturated carbocycles. The average Bonchev–Trinajstić information content (AvgIpc) is 2.61. The molecule has 2 aromatic carbocycles. The van der Waals surface area contributed by atoms with Crippen LogP contribution in [-0.2, 0) is 14.3 Å². The number of nitrogens with zero attached hydrogens (tertiary/aromatic N) is 1. The second-order valence-corrected chi connectivity index (χ2v) is 6.13. The maximum Gasteiger partial charge on any atom is 0.339 e. The fourth-order valence-corrected chi connectivity index (χ4v) is 2.74. The monoisotopic (exact) mass is 394 g/mol. The fraction of sp³-hybridized carbons (Fsp3) is 0.167. The number of carbonyl (C=O) groups excluding carboxylic acids is 3. The standard InChI is InChI=1S/C18H16Cl2N2O4/c1-11(23)22(16-6-4-3-5-13(16)18(25)26-2)10-17(24)21-15-8-7-12(19)9-14(15)20/h3-9H,10H2,1-2H3,(H,21,24). The number of amides is 2. The lowest BCUT2D eigenvalue weighted by molar-refractivity contribution is -0.120. The molecule has 2 amide bonds. The highest BCUT2D eigenvalue weighted by molar-refractivity contribution is 6.36. The van der Waals surface area contributed by atoms with Crippen molar-refractivity contribution in [3.8, 4) is 0 Å². The number of ether oxygens (including phenoxy) is 1. The van der Waals surface area contributed by atoms with Gasteiger partial charge >= 0.3 is 5.97 Å². The number of nitrogens with one attached hydrogen (secondary N) is 1. The van der Waals surface area contributed by atoms with Crippen molar-refractivity contribution in [2.45, 2.75) is 6.92 Å². The first-order valence-electron chi connectivity index (χ1n) is 7.54. The normalized spacial score (nSPS) is 10.2. The molecule has 0 bridgehead atoms. The second-order valence-electron chi connectivity index (χ2n) is 5.29. The zero-order chi connectivity index (χ0) is 19.3. The lowest BCUT2D eigenvalue weighted by Crippen LogP contribution is -2.37. The molecule has 26 heavy (non-hydrogen) atoms. The Kier molecular flexibility index (Phi) is 6.60. The van der Waals surface area contributed by atoms with Crippen molar-refractivity contribution in [1.82, 2.24) is 0 Å². The molecule has 0 radical (unpaired) electrons. The number of esters is 1. The van der Waals surface area contributed by atoms with Gasteiger partial charge in [0.15, 0.2) is 0 Å². The van der Waals surface area contributed by atoms with E-state index in [1.165, 1.54) is 31.1 Å². The molecule has 136 valence electrons. The van der Waals surface area contributed by atoms with Gasteiger partial charge in [0.2, 0.25) is 11.8 Å². The number of halogens is 2. The smallest absolute Gasteiger partial charge is 0.339 e. The van der Waals surface area contributed by atoms with Gasteiger partial charge in [-0.05, 0) is 30.3 Å². The molecule has 8 heteroatoms. The molecule has 0 fully saturated rings. The predicted molar refractivity (Wildman–Crippen MR) is 101 cm³/mol. The largest absolute Gasteiger partial charge is 0.465 e. The fourth-order valence-electron chi connectivity index (χ4n) is 2.28. The van der Waals surface area contributed by atoms with Crippen molar-refractivity contribution in [2.24, 2.45) is 0 Å². The third-order valence-corrected chi connectivity index (χ3v) is 4.04. The highest BCUT2D eigenvalue weighted by Gasteiger charge is 2.22. The first-order chi connectivity index (χ1) is 12.3. The molecular weight excluding hydrogens is 379 g/mol. The van der Waals surface area contributed by atoms with E-state index in [2.05, 4.69) is 5.32 Å². The minimum absolute atomic E-state index is 0.183. The van der Waals surface area contributed by atoms with Crippen molar-refractivity contribution in [2.75, 3.05) is 23.9 Å². The molecule has 0 spiro atoms.